The van der Waals surface area contributed by atoms with Crippen LogP contribution in [-0.4, -0.2) is 53.6 Å². The molecule has 0 aliphatic rings. The smallest absolute Gasteiger partial charge is 0.379 e. The third kappa shape index (κ3) is 30.1. The first-order valence-electron chi connectivity index (χ1n) is 17.5. The normalized spacial score (nSPS) is 9.34. The Hall–Kier alpha value is -3.95. The van der Waals surface area contributed by atoms with Gasteiger partial charge < -0.3 is 26.5 Å². The van der Waals surface area contributed by atoms with Gasteiger partial charge in [-0.3, -0.25) is 4.79 Å². The van der Waals surface area contributed by atoms with E-state index in [2.05, 4.69) is 84.1 Å². The van der Waals surface area contributed by atoms with Crippen LogP contribution in [0.15, 0.2) is 85.4 Å². The van der Waals surface area contributed by atoms with Crippen molar-refractivity contribution in [3.63, 3.8) is 0 Å². The van der Waals surface area contributed by atoms with Crippen LogP contribution in [0.25, 0.3) is 16.7 Å². The molecule has 0 fully saturated rings. The van der Waals surface area contributed by atoms with Gasteiger partial charge in [0, 0.05) is 23.4 Å². The lowest BCUT2D eigenvalue weighted by atomic mass is 9.88. The second kappa shape index (κ2) is 43.1. The molecule has 1 amide bonds. The zero-order valence-electron chi connectivity index (χ0n) is 32.8. The predicted molar refractivity (Wildman–Crippen MR) is 215 cm³/mol. The van der Waals surface area contributed by atoms with E-state index in [4.69, 9.17) is 10.5 Å². The number of unbranched alkanes of at least 4 members (excludes halogenated alkanes) is 1. The van der Waals surface area contributed by atoms with Crippen LogP contribution in [-0.2, 0) is 9.59 Å². The molecule has 286 valence electrons. The number of nitrogens with one attached hydrogen (secondary N) is 3. The van der Waals surface area contributed by atoms with Crippen molar-refractivity contribution in [2.45, 2.75) is 93.7 Å². The molecule has 0 heterocycles. The van der Waals surface area contributed by atoms with Crippen LogP contribution >= 0.6 is 0 Å². The molecule has 9 heteroatoms. The maximum atomic E-state index is 11.6. The third-order valence-electron chi connectivity index (χ3n) is 5.99. The van der Waals surface area contributed by atoms with Crippen LogP contribution in [0.1, 0.15) is 98.1 Å². The minimum absolute atomic E-state index is 0.158. The average Bonchev–Trinajstić information content (AvgIpc) is 3.16. The van der Waals surface area contributed by atoms with Crippen molar-refractivity contribution in [3.05, 3.63) is 96.6 Å². The molecule has 0 saturated heterocycles. The maximum Gasteiger partial charge on any atom is 0.379 e. The Morgan fingerprint density at radius 2 is 1.22 bits per heavy atom. The van der Waals surface area contributed by atoms with Crippen molar-refractivity contribution in [2.24, 2.45) is 0 Å². The summed E-state index contributed by atoms with van der Waals surface area (Å²) in [5.74, 6) is 0.456. The van der Waals surface area contributed by atoms with Gasteiger partial charge in [0.05, 0.1) is 0 Å². The number of rotatable bonds is 11. The molecule has 3 rings (SSSR count). The molecule has 1 atom stereocenters. The van der Waals surface area contributed by atoms with Crippen molar-refractivity contribution in [1.82, 2.24) is 16.0 Å². The van der Waals surface area contributed by atoms with Gasteiger partial charge in [-0.1, -0.05) is 141 Å². The Bertz CT molecular complexity index is 1150. The molecular weight excluding hydrogens is 637 g/mol. The molecule has 0 aromatic heterocycles. The molecule has 1 unspecified atom stereocenters. The quantitative estimate of drug-likeness (QED) is 0.0904. The fraction of sp³-hybridized carbons (Fsp3) is 0.463. The lowest BCUT2D eigenvalue weighted by Crippen LogP contribution is -2.24. The number of para-hydroxylation sites is 1. The number of carbonyl (C=O) groups is 2. The largest absolute Gasteiger partial charge is 0.398 e. The Labute approximate surface area is 303 Å². The number of carbonyl (C=O) groups excluding carboxylic acids is 2. The summed E-state index contributed by atoms with van der Waals surface area (Å²) in [6, 6.07) is 26.8. The SMILES string of the molecule is C=C(C(=O)NCCC)c1ccccc1N.C=O.CC.CC.CC.CNC.CNCCCCC(C)c1ccccc1-c1ccccc1.FC(F)F. The summed E-state index contributed by atoms with van der Waals surface area (Å²) < 4.78 is 29.0. The fourth-order valence-electron chi connectivity index (χ4n) is 3.95. The average molecular weight is 707 g/mol. The monoisotopic (exact) mass is 707 g/mol. The van der Waals surface area contributed by atoms with Crippen LogP contribution in [0.2, 0.25) is 0 Å². The van der Waals surface area contributed by atoms with E-state index in [9.17, 15) is 18.0 Å². The van der Waals surface area contributed by atoms with Gasteiger partial charge in [-0.2, -0.15) is 13.2 Å². The van der Waals surface area contributed by atoms with E-state index in [1.54, 1.807) is 12.1 Å². The van der Waals surface area contributed by atoms with Crippen LogP contribution < -0.4 is 21.7 Å². The number of benzene rings is 3. The van der Waals surface area contributed by atoms with Gasteiger partial charge in [-0.25, -0.2) is 0 Å². The predicted octanol–water partition coefficient (Wildman–Crippen LogP) is 10.6. The first-order valence-corrected chi connectivity index (χ1v) is 17.5. The van der Waals surface area contributed by atoms with Gasteiger partial charge >= 0.3 is 6.68 Å². The van der Waals surface area contributed by atoms with E-state index in [-0.39, 0.29) is 5.91 Å². The van der Waals surface area contributed by atoms with Crippen molar-refractivity contribution in [1.29, 1.82) is 0 Å². The lowest BCUT2D eigenvalue weighted by Gasteiger charge is -2.16. The molecule has 3 aromatic rings. The molecule has 0 radical (unpaired) electrons. The van der Waals surface area contributed by atoms with E-state index >= 15 is 0 Å². The highest BCUT2D eigenvalue weighted by atomic mass is 19.4. The molecule has 6 nitrogen and oxygen atoms in total. The van der Waals surface area contributed by atoms with Crippen molar-refractivity contribution in [2.75, 3.05) is 40.0 Å². The molecule has 0 bridgehead atoms. The number of alkyl halides is 3. The van der Waals surface area contributed by atoms with E-state index in [1.165, 1.54) is 36.0 Å². The molecule has 0 aliphatic carbocycles. The lowest BCUT2D eigenvalue weighted by molar-refractivity contribution is -0.115. The fourth-order valence-corrected chi connectivity index (χ4v) is 3.95. The number of nitrogen functional groups attached to an aromatic ring is 1. The van der Waals surface area contributed by atoms with Crippen molar-refractivity contribution >= 4 is 24.0 Å². The molecule has 5 N–H and O–H groups in total. The summed E-state index contributed by atoms with van der Waals surface area (Å²) in [6.07, 6.45) is 4.70. The van der Waals surface area contributed by atoms with Gasteiger partial charge in [-0.05, 0) is 75.6 Å². The van der Waals surface area contributed by atoms with Crippen LogP contribution in [0.4, 0.5) is 18.9 Å². The molecule has 0 saturated carbocycles. The van der Waals surface area contributed by atoms with Gasteiger partial charge in [0.2, 0.25) is 0 Å². The van der Waals surface area contributed by atoms with Gasteiger partial charge in [-0.15, -0.1) is 0 Å². The summed E-state index contributed by atoms with van der Waals surface area (Å²) in [5, 5.41) is 8.73. The number of anilines is 1. The zero-order chi connectivity index (χ0) is 39.8. The van der Waals surface area contributed by atoms with Crippen molar-refractivity contribution in [3.8, 4) is 11.1 Å². The molecule has 3 aromatic carbocycles. The van der Waals surface area contributed by atoms with E-state index in [0.717, 1.165) is 13.0 Å². The Morgan fingerprint density at radius 1 is 0.760 bits per heavy atom. The first-order chi connectivity index (χ1) is 24.1. The maximum absolute atomic E-state index is 11.6. The topological polar surface area (TPSA) is 96.2 Å². The van der Waals surface area contributed by atoms with Gasteiger partial charge in [0.1, 0.15) is 6.79 Å². The molecular formula is C41H69F3N4O2. The Morgan fingerprint density at radius 3 is 1.70 bits per heavy atom. The summed E-state index contributed by atoms with van der Waals surface area (Å²) in [7, 11) is 5.77. The van der Waals surface area contributed by atoms with E-state index < -0.39 is 6.68 Å². The summed E-state index contributed by atoms with van der Waals surface area (Å²) in [5.41, 5.74) is 11.6. The van der Waals surface area contributed by atoms with Crippen LogP contribution in [0.3, 0.4) is 0 Å². The molecule has 0 aliphatic heterocycles. The molecule has 50 heavy (non-hydrogen) atoms. The van der Waals surface area contributed by atoms with Crippen LogP contribution in [0.5, 0.6) is 0 Å². The number of halogens is 3. The highest BCUT2D eigenvalue weighted by Gasteiger charge is 2.12. The number of nitrogens with two attached hydrogens (primary N) is 1. The summed E-state index contributed by atoms with van der Waals surface area (Å²) >= 11 is 0. The summed E-state index contributed by atoms with van der Waals surface area (Å²) in [6.45, 7) is 20.2. The molecule has 0 spiro atoms. The zero-order valence-corrected chi connectivity index (χ0v) is 32.8. The highest BCUT2D eigenvalue weighted by molar-refractivity contribution is 6.20. The number of amides is 1. The van der Waals surface area contributed by atoms with E-state index in [1.807, 2.05) is 88.5 Å². The first kappa shape index (κ1) is 55.5. The van der Waals surface area contributed by atoms with E-state index in [0.29, 0.717) is 29.3 Å². The second-order valence-electron chi connectivity index (χ2n) is 9.52. The minimum Gasteiger partial charge on any atom is -0.398 e. The highest BCUT2D eigenvalue weighted by Crippen LogP contribution is 2.31. The van der Waals surface area contributed by atoms with Crippen molar-refractivity contribution < 1.29 is 22.8 Å². The van der Waals surface area contributed by atoms with Gasteiger partial charge in [0.25, 0.3) is 5.91 Å². The van der Waals surface area contributed by atoms with Gasteiger partial charge in [0.15, 0.2) is 0 Å². The number of hydrogen-bond donors (Lipinski definition) is 4. The Balaban J connectivity index is -0.000000198. The Kier molecular flexibility index (Phi) is 47.8. The minimum atomic E-state index is -3.67. The third-order valence-corrected chi connectivity index (χ3v) is 5.99. The standard InChI is InChI=1S/C19H25N.C12H16N2O.C2H7N.3C2H6.CHF3.CH2O/c1-16(10-8-9-15-20-2)18-13-6-7-14-19(18)17-11-4-3-5-12-17;1-3-8-14-12(15)9(2)10-6-4-5-7-11(10)13;1-3-2;3*1-2;2-1(3)4;1-2/h3-7,11-14,16,20H,8-10,15H2,1-2H3;4-7H,2-3,8,13H2,1H3,(H,14,15);3H,1-2H3;3*1-2H3;1H;1H2. The second-order valence-corrected chi connectivity index (χ2v) is 9.52. The summed E-state index contributed by atoms with van der Waals surface area (Å²) in [4.78, 5) is 19.6. The number of hydrogen-bond acceptors (Lipinski definition) is 5. The van der Waals surface area contributed by atoms with Crippen LogP contribution in [0, 0.1) is 0 Å².